The first-order chi connectivity index (χ1) is 9.69. The lowest BCUT2D eigenvalue weighted by Crippen LogP contribution is -2.20. The molecule has 20 heavy (non-hydrogen) atoms. The molecule has 0 aromatic heterocycles. The highest BCUT2D eigenvalue weighted by molar-refractivity contribution is 6.30. The van der Waals surface area contributed by atoms with Crippen molar-refractivity contribution in [2.75, 3.05) is 18.5 Å². The van der Waals surface area contributed by atoms with E-state index in [9.17, 15) is 0 Å². The molecule has 0 radical (unpaired) electrons. The quantitative estimate of drug-likeness (QED) is 0.762. The highest BCUT2D eigenvalue weighted by Crippen LogP contribution is 2.31. The largest absolute Gasteiger partial charge is 0.491 e. The predicted octanol–water partition coefficient (Wildman–Crippen LogP) is 5.37. The van der Waals surface area contributed by atoms with Gasteiger partial charge in [0.25, 0.3) is 0 Å². The van der Waals surface area contributed by atoms with Gasteiger partial charge in [-0.1, -0.05) is 38.3 Å². The summed E-state index contributed by atoms with van der Waals surface area (Å²) in [6.07, 6.45) is 6.41. The molecule has 1 aliphatic carbocycles. The third kappa shape index (κ3) is 4.59. The molecule has 0 heterocycles. The molecule has 0 spiro atoms. The lowest BCUT2D eigenvalue weighted by molar-refractivity contribution is 0.299. The summed E-state index contributed by atoms with van der Waals surface area (Å²) in [5.41, 5.74) is 1.03. The topological polar surface area (TPSA) is 21.3 Å². The minimum atomic E-state index is 0.747. The molecule has 0 amide bonds. The number of benzene rings is 1. The Morgan fingerprint density at radius 2 is 2.00 bits per heavy atom. The van der Waals surface area contributed by atoms with Crippen LogP contribution >= 0.6 is 11.6 Å². The van der Waals surface area contributed by atoms with Gasteiger partial charge in [-0.2, -0.15) is 0 Å². The van der Waals surface area contributed by atoms with E-state index in [2.05, 4.69) is 19.2 Å². The third-order valence-corrected chi connectivity index (χ3v) is 4.36. The van der Waals surface area contributed by atoms with Crippen molar-refractivity contribution in [3.8, 4) is 5.75 Å². The van der Waals surface area contributed by atoms with Gasteiger partial charge in [0.1, 0.15) is 5.75 Å². The van der Waals surface area contributed by atoms with E-state index in [0.29, 0.717) is 0 Å². The second-order valence-corrected chi connectivity index (χ2v) is 6.43. The van der Waals surface area contributed by atoms with Crippen molar-refractivity contribution in [1.29, 1.82) is 0 Å². The normalized spacial score (nSPS) is 22.6. The van der Waals surface area contributed by atoms with Gasteiger partial charge >= 0.3 is 0 Å². The fourth-order valence-electron chi connectivity index (χ4n) is 2.77. The van der Waals surface area contributed by atoms with Crippen molar-refractivity contribution in [2.24, 2.45) is 11.8 Å². The molecule has 2 rings (SSSR count). The molecule has 112 valence electrons. The van der Waals surface area contributed by atoms with Crippen LogP contribution in [-0.4, -0.2) is 13.2 Å². The van der Waals surface area contributed by atoms with E-state index >= 15 is 0 Å². The lowest BCUT2D eigenvalue weighted by atomic mass is 9.83. The summed E-state index contributed by atoms with van der Waals surface area (Å²) in [5, 5.41) is 4.30. The smallest absolute Gasteiger partial charge is 0.142 e. The van der Waals surface area contributed by atoms with Crippen molar-refractivity contribution in [3.05, 3.63) is 23.2 Å². The van der Waals surface area contributed by atoms with E-state index in [0.717, 1.165) is 47.9 Å². The van der Waals surface area contributed by atoms with Crippen LogP contribution in [0.1, 0.15) is 46.0 Å². The Bertz CT molecular complexity index is 413. The molecule has 3 heteroatoms. The summed E-state index contributed by atoms with van der Waals surface area (Å²) >= 11 is 6.10. The summed E-state index contributed by atoms with van der Waals surface area (Å²) < 4.78 is 5.78. The van der Waals surface area contributed by atoms with Gasteiger partial charge in [0.2, 0.25) is 0 Å². The maximum Gasteiger partial charge on any atom is 0.142 e. The number of halogens is 1. The molecule has 0 aliphatic heterocycles. The molecule has 1 aliphatic rings. The molecule has 0 bridgehead atoms. The second-order valence-electron chi connectivity index (χ2n) is 6.00. The Morgan fingerprint density at radius 1 is 1.25 bits per heavy atom. The van der Waals surface area contributed by atoms with E-state index in [1.54, 1.807) is 0 Å². The molecule has 0 unspecified atom stereocenters. The first kappa shape index (κ1) is 15.5. The van der Waals surface area contributed by atoms with E-state index in [1.807, 2.05) is 18.2 Å². The zero-order valence-corrected chi connectivity index (χ0v) is 13.4. The molecular formula is C17H26ClNO. The summed E-state index contributed by atoms with van der Waals surface area (Å²) in [6.45, 7) is 6.25. The number of anilines is 1. The van der Waals surface area contributed by atoms with Gasteiger partial charge in [-0.25, -0.2) is 0 Å². The van der Waals surface area contributed by atoms with Crippen molar-refractivity contribution in [1.82, 2.24) is 0 Å². The van der Waals surface area contributed by atoms with E-state index < -0.39 is 0 Å². The molecule has 0 saturated heterocycles. The van der Waals surface area contributed by atoms with Gasteiger partial charge in [-0.15, -0.1) is 0 Å². The van der Waals surface area contributed by atoms with Crippen LogP contribution in [0.25, 0.3) is 0 Å². The average molecular weight is 296 g/mol. The van der Waals surface area contributed by atoms with Crippen LogP contribution in [0.4, 0.5) is 5.69 Å². The minimum Gasteiger partial charge on any atom is -0.491 e. The Kier molecular flexibility index (Phi) is 6.03. The summed E-state index contributed by atoms with van der Waals surface area (Å²) in [6, 6.07) is 5.82. The standard InChI is InChI=1S/C17H26ClNO/c1-3-10-20-17-9-8-15(18)11-16(17)19-12-14-6-4-13(2)5-7-14/h8-9,11,13-14,19H,3-7,10,12H2,1-2H3. The van der Waals surface area contributed by atoms with Gasteiger partial charge in [-0.05, 0) is 49.3 Å². The second kappa shape index (κ2) is 7.78. The summed E-state index contributed by atoms with van der Waals surface area (Å²) in [7, 11) is 0. The maximum absolute atomic E-state index is 6.10. The van der Waals surface area contributed by atoms with Crippen molar-refractivity contribution in [2.45, 2.75) is 46.0 Å². The minimum absolute atomic E-state index is 0.747. The van der Waals surface area contributed by atoms with Gasteiger partial charge in [-0.3, -0.25) is 0 Å². The summed E-state index contributed by atoms with van der Waals surface area (Å²) in [4.78, 5) is 0. The van der Waals surface area contributed by atoms with Crippen LogP contribution < -0.4 is 10.1 Å². The van der Waals surface area contributed by atoms with Crippen LogP contribution in [0, 0.1) is 11.8 Å². The Balaban J connectivity index is 1.92. The van der Waals surface area contributed by atoms with E-state index in [-0.39, 0.29) is 0 Å². The van der Waals surface area contributed by atoms with Crippen molar-refractivity contribution < 1.29 is 4.74 Å². The van der Waals surface area contributed by atoms with Gasteiger partial charge < -0.3 is 10.1 Å². The molecule has 1 saturated carbocycles. The number of hydrogen-bond acceptors (Lipinski definition) is 2. The Labute approximate surface area is 127 Å². The fourth-order valence-corrected chi connectivity index (χ4v) is 2.94. The number of rotatable bonds is 6. The van der Waals surface area contributed by atoms with Crippen molar-refractivity contribution >= 4 is 17.3 Å². The first-order valence-electron chi connectivity index (χ1n) is 7.85. The monoisotopic (exact) mass is 295 g/mol. The van der Waals surface area contributed by atoms with Crippen LogP contribution in [0.15, 0.2) is 18.2 Å². The SMILES string of the molecule is CCCOc1ccc(Cl)cc1NCC1CCC(C)CC1. The highest BCUT2D eigenvalue weighted by Gasteiger charge is 2.18. The van der Waals surface area contributed by atoms with E-state index in [4.69, 9.17) is 16.3 Å². The number of nitrogens with one attached hydrogen (secondary N) is 1. The van der Waals surface area contributed by atoms with Gasteiger partial charge in [0.15, 0.2) is 0 Å². The lowest BCUT2D eigenvalue weighted by Gasteiger charge is -2.27. The third-order valence-electron chi connectivity index (χ3n) is 4.12. The number of hydrogen-bond donors (Lipinski definition) is 1. The summed E-state index contributed by atoms with van der Waals surface area (Å²) in [5.74, 6) is 2.60. The fraction of sp³-hybridized carbons (Fsp3) is 0.647. The molecule has 2 nitrogen and oxygen atoms in total. The zero-order valence-electron chi connectivity index (χ0n) is 12.6. The first-order valence-corrected chi connectivity index (χ1v) is 8.23. The van der Waals surface area contributed by atoms with Gasteiger partial charge in [0, 0.05) is 11.6 Å². The number of ether oxygens (including phenoxy) is 1. The van der Waals surface area contributed by atoms with Crippen LogP contribution in [0.3, 0.4) is 0 Å². The van der Waals surface area contributed by atoms with Gasteiger partial charge in [0.05, 0.1) is 12.3 Å². The van der Waals surface area contributed by atoms with Crippen LogP contribution in [0.2, 0.25) is 5.02 Å². The van der Waals surface area contributed by atoms with Crippen LogP contribution in [-0.2, 0) is 0 Å². The van der Waals surface area contributed by atoms with Crippen LogP contribution in [0.5, 0.6) is 5.75 Å². The highest BCUT2D eigenvalue weighted by atomic mass is 35.5. The average Bonchev–Trinajstić information content (AvgIpc) is 2.46. The molecule has 1 aromatic rings. The molecule has 1 N–H and O–H groups in total. The maximum atomic E-state index is 6.10. The predicted molar refractivity (Wildman–Crippen MR) is 86.8 cm³/mol. The Morgan fingerprint density at radius 3 is 2.70 bits per heavy atom. The molecular weight excluding hydrogens is 270 g/mol. The Hall–Kier alpha value is -0.890. The zero-order chi connectivity index (χ0) is 14.4. The molecule has 0 atom stereocenters. The molecule has 1 fully saturated rings. The van der Waals surface area contributed by atoms with E-state index in [1.165, 1.54) is 25.7 Å². The molecule has 1 aromatic carbocycles. The van der Waals surface area contributed by atoms with Crippen molar-refractivity contribution in [3.63, 3.8) is 0 Å².